The molecule has 1 aromatic heterocycles. The fourth-order valence-corrected chi connectivity index (χ4v) is 6.52. The van der Waals surface area contributed by atoms with E-state index >= 15 is 0 Å². The van der Waals surface area contributed by atoms with Gasteiger partial charge < -0.3 is 19.7 Å². The molecule has 2 amide bonds. The van der Waals surface area contributed by atoms with Crippen molar-refractivity contribution in [1.82, 2.24) is 10.2 Å². The maximum atomic E-state index is 13.3. The molecule has 42 heavy (non-hydrogen) atoms. The van der Waals surface area contributed by atoms with Crippen LogP contribution in [-0.4, -0.2) is 55.1 Å². The highest BCUT2D eigenvalue weighted by molar-refractivity contribution is 7.90. The monoisotopic (exact) mass is 648 g/mol. The van der Waals surface area contributed by atoms with Crippen molar-refractivity contribution in [3.63, 3.8) is 0 Å². The zero-order valence-corrected chi connectivity index (χ0v) is 25.1. The fourth-order valence-electron chi connectivity index (χ4n) is 4.89. The van der Waals surface area contributed by atoms with E-state index in [1.54, 1.807) is 29.4 Å². The van der Waals surface area contributed by atoms with E-state index in [4.69, 9.17) is 39.2 Å². The molecule has 4 aromatic rings. The van der Waals surface area contributed by atoms with Gasteiger partial charge in [-0.1, -0.05) is 40.9 Å². The molecule has 0 aliphatic carbocycles. The highest BCUT2D eigenvalue weighted by Gasteiger charge is 2.30. The smallest absolute Gasteiger partial charge is 0.326 e. The van der Waals surface area contributed by atoms with Crippen molar-refractivity contribution in [2.75, 3.05) is 12.8 Å². The number of sulfone groups is 1. The number of carboxylic acids is 1. The SMILES string of the molecule is CS(=O)(=O)c1ccc(Cl)c(C[C@H](NC(=O)c2c(Cl)cc3c(c2Cl)CCN(C(=O)c2ccc4ccoc4c2)C3)C(=O)O)c1. The summed E-state index contributed by atoms with van der Waals surface area (Å²) in [6, 6.07) is 11.1. The number of carbonyl (C=O) groups excluding carboxylic acids is 2. The molecule has 9 nitrogen and oxygen atoms in total. The zero-order chi connectivity index (χ0) is 30.3. The molecule has 0 saturated carbocycles. The number of carbonyl (C=O) groups is 3. The highest BCUT2D eigenvalue weighted by Crippen LogP contribution is 2.35. The van der Waals surface area contributed by atoms with Gasteiger partial charge in [-0.05, 0) is 65.6 Å². The molecule has 2 N–H and O–H groups in total. The van der Waals surface area contributed by atoms with Gasteiger partial charge in [-0.3, -0.25) is 9.59 Å². The molecule has 0 saturated heterocycles. The Hall–Kier alpha value is -3.57. The van der Waals surface area contributed by atoms with Gasteiger partial charge in [-0.2, -0.15) is 0 Å². The van der Waals surface area contributed by atoms with Crippen LogP contribution in [0.4, 0.5) is 0 Å². The zero-order valence-electron chi connectivity index (χ0n) is 22.0. The van der Waals surface area contributed by atoms with Crippen molar-refractivity contribution in [3.05, 3.63) is 97.7 Å². The summed E-state index contributed by atoms with van der Waals surface area (Å²) in [6.07, 6.45) is 2.63. The van der Waals surface area contributed by atoms with Crippen molar-refractivity contribution in [2.24, 2.45) is 0 Å². The first-order valence-electron chi connectivity index (χ1n) is 12.6. The lowest BCUT2D eigenvalue weighted by Crippen LogP contribution is -2.43. The summed E-state index contributed by atoms with van der Waals surface area (Å²) in [7, 11) is -3.57. The summed E-state index contributed by atoms with van der Waals surface area (Å²) in [5.41, 5.74) is 2.50. The normalized spacial score (nSPS) is 14.0. The van der Waals surface area contributed by atoms with Gasteiger partial charge in [0.25, 0.3) is 11.8 Å². The van der Waals surface area contributed by atoms with Crippen LogP contribution in [0.15, 0.2) is 64.1 Å². The van der Waals surface area contributed by atoms with Crippen molar-refractivity contribution in [2.45, 2.75) is 30.3 Å². The van der Waals surface area contributed by atoms with E-state index in [1.807, 2.05) is 12.1 Å². The largest absolute Gasteiger partial charge is 0.480 e. The minimum absolute atomic E-state index is 0.0104. The lowest BCUT2D eigenvalue weighted by Gasteiger charge is -2.30. The minimum atomic E-state index is -3.57. The molecule has 218 valence electrons. The van der Waals surface area contributed by atoms with Crippen molar-refractivity contribution >= 4 is 73.4 Å². The van der Waals surface area contributed by atoms with E-state index < -0.39 is 27.8 Å². The number of amides is 2. The average Bonchev–Trinajstić information content (AvgIpc) is 3.40. The third kappa shape index (κ3) is 5.98. The molecule has 2 heterocycles. The third-order valence-electron chi connectivity index (χ3n) is 7.09. The van der Waals surface area contributed by atoms with Crippen LogP contribution in [0.1, 0.15) is 37.4 Å². The van der Waals surface area contributed by atoms with Gasteiger partial charge in [0.15, 0.2) is 9.84 Å². The number of nitrogens with one attached hydrogen (secondary N) is 1. The first kappa shape index (κ1) is 29.9. The maximum Gasteiger partial charge on any atom is 0.326 e. The third-order valence-corrected chi connectivity index (χ3v) is 9.29. The summed E-state index contributed by atoms with van der Waals surface area (Å²) in [5, 5.41) is 13.3. The van der Waals surface area contributed by atoms with Crippen LogP contribution < -0.4 is 5.32 Å². The van der Waals surface area contributed by atoms with E-state index in [-0.39, 0.29) is 50.0 Å². The van der Waals surface area contributed by atoms with Crippen LogP contribution in [0.2, 0.25) is 15.1 Å². The van der Waals surface area contributed by atoms with Gasteiger partial charge in [-0.15, -0.1) is 0 Å². The van der Waals surface area contributed by atoms with Crippen LogP contribution >= 0.6 is 34.8 Å². The number of hydrogen-bond acceptors (Lipinski definition) is 6. The molecular weight excluding hydrogens is 627 g/mol. The fraction of sp³-hybridized carbons (Fsp3) is 0.207. The molecule has 0 unspecified atom stereocenters. The molecule has 1 aliphatic rings. The Labute approximate surface area is 255 Å². The van der Waals surface area contributed by atoms with Gasteiger partial charge in [0.05, 0.1) is 26.8 Å². The Morgan fingerprint density at radius 1 is 1.05 bits per heavy atom. The summed E-state index contributed by atoms with van der Waals surface area (Å²) in [6.45, 7) is 0.538. The molecular formula is C29H23Cl3N2O7S. The van der Waals surface area contributed by atoms with E-state index in [0.29, 0.717) is 35.2 Å². The van der Waals surface area contributed by atoms with E-state index in [2.05, 4.69) is 5.32 Å². The Balaban J connectivity index is 1.36. The molecule has 0 radical (unpaired) electrons. The molecule has 5 rings (SSSR count). The Morgan fingerprint density at radius 3 is 2.52 bits per heavy atom. The first-order chi connectivity index (χ1) is 19.8. The molecule has 0 bridgehead atoms. The van der Waals surface area contributed by atoms with Crippen LogP contribution in [0, 0.1) is 0 Å². The Kier molecular flexibility index (Phi) is 8.26. The van der Waals surface area contributed by atoms with Gasteiger partial charge in [0.1, 0.15) is 11.6 Å². The van der Waals surface area contributed by atoms with Crippen LogP contribution in [-0.2, 0) is 34.0 Å². The van der Waals surface area contributed by atoms with Crippen molar-refractivity contribution < 1.29 is 32.3 Å². The second-order valence-corrected chi connectivity index (χ2v) is 13.1. The van der Waals surface area contributed by atoms with Gasteiger partial charge >= 0.3 is 5.97 Å². The Bertz CT molecular complexity index is 1870. The van der Waals surface area contributed by atoms with Crippen molar-refractivity contribution in [3.8, 4) is 0 Å². The van der Waals surface area contributed by atoms with Gasteiger partial charge in [-0.25, -0.2) is 13.2 Å². The quantitative estimate of drug-likeness (QED) is 0.273. The number of hydrogen-bond donors (Lipinski definition) is 2. The number of benzene rings is 3. The lowest BCUT2D eigenvalue weighted by molar-refractivity contribution is -0.139. The number of halogens is 3. The number of furan rings is 1. The lowest BCUT2D eigenvalue weighted by atomic mass is 9.95. The predicted octanol–water partition coefficient (Wildman–Crippen LogP) is 5.42. The molecule has 3 aromatic carbocycles. The standard InChI is InChI=1S/C29H23Cl3N2O7S/c1-42(39,40)19-4-5-21(30)17(10-19)12-23(29(37)38)33-27(35)25-22(31)11-18-14-34(8-6-20(18)26(25)32)28(36)16-3-2-15-7-9-41-24(15)13-16/h2-5,7,9-11,13,23H,6,8,12,14H2,1H3,(H,33,35)(H,37,38)/t23-/m0/s1. The molecule has 13 heteroatoms. The molecule has 0 spiro atoms. The van der Waals surface area contributed by atoms with Crippen LogP contribution in [0.5, 0.6) is 0 Å². The van der Waals surface area contributed by atoms with Crippen LogP contribution in [0.3, 0.4) is 0 Å². The summed E-state index contributed by atoms with van der Waals surface area (Å²) in [4.78, 5) is 40.2. The second kappa shape index (κ2) is 11.6. The average molecular weight is 650 g/mol. The van der Waals surface area contributed by atoms with Gasteiger partial charge in [0.2, 0.25) is 0 Å². The molecule has 1 aliphatic heterocycles. The van der Waals surface area contributed by atoms with E-state index in [0.717, 1.165) is 11.6 Å². The summed E-state index contributed by atoms with van der Waals surface area (Å²) in [5.74, 6) is -2.38. The van der Waals surface area contributed by atoms with E-state index in [9.17, 15) is 27.9 Å². The maximum absolute atomic E-state index is 13.3. The number of rotatable bonds is 7. The predicted molar refractivity (Wildman–Crippen MR) is 158 cm³/mol. The molecule has 1 atom stereocenters. The number of fused-ring (bicyclic) bond motifs is 2. The van der Waals surface area contributed by atoms with Crippen LogP contribution in [0.25, 0.3) is 11.0 Å². The topological polar surface area (TPSA) is 134 Å². The minimum Gasteiger partial charge on any atom is -0.480 e. The number of nitrogens with zero attached hydrogens (tertiary/aromatic N) is 1. The Morgan fingerprint density at radius 2 is 1.81 bits per heavy atom. The second-order valence-electron chi connectivity index (χ2n) is 9.93. The van der Waals surface area contributed by atoms with Crippen molar-refractivity contribution in [1.29, 1.82) is 0 Å². The number of aliphatic carboxylic acids is 1. The highest BCUT2D eigenvalue weighted by atomic mass is 35.5. The first-order valence-corrected chi connectivity index (χ1v) is 15.6. The van der Waals surface area contributed by atoms with E-state index in [1.165, 1.54) is 18.2 Å². The summed E-state index contributed by atoms with van der Waals surface area (Å²) < 4.78 is 29.3. The summed E-state index contributed by atoms with van der Waals surface area (Å²) >= 11 is 19.3. The molecule has 0 fully saturated rings. The van der Waals surface area contributed by atoms with Gasteiger partial charge in [0, 0.05) is 41.7 Å². The number of carboxylic acid groups (broad SMARTS) is 1.